The van der Waals surface area contributed by atoms with Gasteiger partial charge in [0.1, 0.15) is 6.54 Å². The van der Waals surface area contributed by atoms with Crippen molar-refractivity contribution in [2.24, 2.45) is 5.84 Å². The fourth-order valence-electron chi connectivity index (χ4n) is 3.26. The molecule has 6 nitrogen and oxygen atoms in total. The molecular formula is C19H20N4O2. The third kappa shape index (κ3) is 3.04. The number of carbonyl (C=O) groups is 1. The Bertz CT molecular complexity index is 1010. The molecule has 128 valence electrons. The second-order valence-electron chi connectivity index (χ2n) is 6.20. The maximum atomic E-state index is 12.7. The van der Waals surface area contributed by atoms with Gasteiger partial charge >= 0.3 is 0 Å². The minimum absolute atomic E-state index is 0.225. The lowest BCUT2D eigenvalue weighted by Gasteiger charge is -2.15. The number of hydrazine groups is 1. The summed E-state index contributed by atoms with van der Waals surface area (Å²) >= 11 is 0. The van der Waals surface area contributed by atoms with Gasteiger partial charge in [0.05, 0.1) is 11.1 Å². The topological polar surface area (TPSA) is 90.0 Å². The Labute approximate surface area is 145 Å². The van der Waals surface area contributed by atoms with E-state index in [0.717, 1.165) is 22.1 Å². The van der Waals surface area contributed by atoms with Gasteiger partial charge in [0.15, 0.2) is 0 Å². The van der Waals surface area contributed by atoms with Crippen molar-refractivity contribution >= 4 is 16.7 Å². The van der Waals surface area contributed by atoms with Crippen molar-refractivity contribution in [2.45, 2.75) is 27.3 Å². The summed E-state index contributed by atoms with van der Waals surface area (Å²) in [5.41, 5.74) is 6.70. The van der Waals surface area contributed by atoms with Crippen LogP contribution in [0.4, 0.5) is 0 Å². The SMILES string of the molecule is Cc1cc(C)c(-c2nn(CC(=O)NN)c(=O)c3ccccc23)c(C)c1. The van der Waals surface area contributed by atoms with Crippen LogP contribution in [0.25, 0.3) is 22.0 Å². The lowest BCUT2D eigenvalue weighted by atomic mass is 9.94. The van der Waals surface area contributed by atoms with Gasteiger partial charge in [-0.3, -0.25) is 15.0 Å². The van der Waals surface area contributed by atoms with E-state index in [4.69, 9.17) is 5.84 Å². The number of aryl methyl sites for hydroxylation is 3. The molecule has 0 unspecified atom stereocenters. The van der Waals surface area contributed by atoms with Gasteiger partial charge in [-0.1, -0.05) is 35.9 Å². The van der Waals surface area contributed by atoms with Crippen molar-refractivity contribution in [1.82, 2.24) is 15.2 Å². The third-order valence-corrected chi connectivity index (χ3v) is 4.24. The van der Waals surface area contributed by atoms with Crippen molar-refractivity contribution in [3.63, 3.8) is 0 Å². The number of carbonyl (C=O) groups excluding carboxylic acids is 1. The van der Waals surface area contributed by atoms with Crippen LogP contribution in [0.2, 0.25) is 0 Å². The first-order chi connectivity index (χ1) is 11.9. The monoisotopic (exact) mass is 336 g/mol. The fourth-order valence-corrected chi connectivity index (χ4v) is 3.26. The number of aromatic nitrogens is 2. The summed E-state index contributed by atoms with van der Waals surface area (Å²) in [7, 11) is 0. The molecule has 25 heavy (non-hydrogen) atoms. The Kier molecular flexibility index (Phi) is 4.37. The van der Waals surface area contributed by atoms with E-state index in [2.05, 4.69) is 17.2 Å². The molecule has 3 rings (SSSR count). The van der Waals surface area contributed by atoms with Crippen molar-refractivity contribution < 1.29 is 4.79 Å². The van der Waals surface area contributed by atoms with Crippen molar-refractivity contribution in [2.75, 3.05) is 0 Å². The van der Waals surface area contributed by atoms with Crippen molar-refractivity contribution in [3.05, 3.63) is 63.4 Å². The predicted molar refractivity (Wildman–Crippen MR) is 98.0 cm³/mol. The number of nitrogens with two attached hydrogens (primary N) is 1. The Morgan fingerprint density at radius 3 is 2.32 bits per heavy atom. The molecule has 3 aromatic rings. The number of nitrogens with zero attached hydrogens (tertiary/aromatic N) is 2. The van der Waals surface area contributed by atoms with Crippen LogP contribution in [-0.4, -0.2) is 15.7 Å². The highest BCUT2D eigenvalue weighted by Crippen LogP contribution is 2.31. The maximum Gasteiger partial charge on any atom is 0.275 e. The molecule has 0 saturated carbocycles. The van der Waals surface area contributed by atoms with Crippen LogP contribution in [0.3, 0.4) is 0 Å². The minimum Gasteiger partial charge on any atom is -0.293 e. The third-order valence-electron chi connectivity index (χ3n) is 4.24. The quantitative estimate of drug-likeness (QED) is 0.435. The zero-order chi connectivity index (χ0) is 18.1. The summed E-state index contributed by atoms with van der Waals surface area (Å²) in [4.78, 5) is 24.3. The lowest BCUT2D eigenvalue weighted by Crippen LogP contribution is -2.37. The number of nitrogens with one attached hydrogen (secondary N) is 1. The van der Waals surface area contributed by atoms with Gasteiger partial charge in [-0.2, -0.15) is 5.10 Å². The summed E-state index contributed by atoms with van der Waals surface area (Å²) in [6.45, 7) is 5.86. The average Bonchev–Trinajstić information content (AvgIpc) is 2.57. The molecule has 1 heterocycles. The fraction of sp³-hybridized carbons (Fsp3) is 0.211. The van der Waals surface area contributed by atoms with Crippen LogP contribution in [0, 0.1) is 20.8 Å². The van der Waals surface area contributed by atoms with Gasteiger partial charge in [0, 0.05) is 10.9 Å². The second kappa shape index (κ2) is 6.49. The predicted octanol–water partition coefficient (Wildman–Crippen LogP) is 1.98. The Hall–Kier alpha value is -2.99. The first-order valence-corrected chi connectivity index (χ1v) is 8.00. The zero-order valence-corrected chi connectivity index (χ0v) is 14.5. The standard InChI is InChI=1S/C19H20N4O2/c1-11-8-12(2)17(13(3)9-11)18-14-6-4-5-7-15(14)19(25)23(22-18)10-16(24)21-20/h4-9H,10,20H2,1-3H3,(H,21,24). The van der Waals surface area contributed by atoms with Crippen LogP contribution < -0.4 is 16.8 Å². The highest BCUT2D eigenvalue weighted by molar-refractivity contribution is 5.95. The van der Waals surface area contributed by atoms with Crippen molar-refractivity contribution in [1.29, 1.82) is 0 Å². The maximum absolute atomic E-state index is 12.7. The summed E-state index contributed by atoms with van der Waals surface area (Å²) in [6, 6.07) is 11.5. The Morgan fingerprint density at radius 2 is 1.72 bits per heavy atom. The van der Waals surface area contributed by atoms with Gasteiger partial charge in [0.2, 0.25) is 0 Å². The average molecular weight is 336 g/mol. The number of benzene rings is 2. The van der Waals surface area contributed by atoms with Crippen LogP contribution in [0.1, 0.15) is 16.7 Å². The highest BCUT2D eigenvalue weighted by Gasteiger charge is 2.16. The largest absolute Gasteiger partial charge is 0.293 e. The molecule has 0 aliphatic heterocycles. The van der Waals surface area contributed by atoms with Crippen LogP contribution in [0.5, 0.6) is 0 Å². The van der Waals surface area contributed by atoms with Gasteiger partial charge in [-0.15, -0.1) is 0 Å². The molecule has 0 aliphatic rings. The molecule has 6 heteroatoms. The van der Waals surface area contributed by atoms with Crippen LogP contribution in [0.15, 0.2) is 41.2 Å². The van der Waals surface area contributed by atoms with Gasteiger partial charge in [-0.05, 0) is 38.0 Å². The number of amides is 1. The molecular weight excluding hydrogens is 316 g/mol. The molecule has 3 N–H and O–H groups in total. The Balaban J connectivity index is 2.37. The van der Waals surface area contributed by atoms with E-state index < -0.39 is 5.91 Å². The van der Waals surface area contributed by atoms with E-state index in [9.17, 15) is 9.59 Å². The first-order valence-electron chi connectivity index (χ1n) is 8.00. The molecule has 0 aliphatic carbocycles. The number of fused-ring (bicyclic) bond motifs is 1. The van der Waals surface area contributed by atoms with E-state index in [1.807, 2.05) is 38.3 Å². The molecule has 0 saturated heterocycles. The van der Waals surface area contributed by atoms with E-state index in [0.29, 0.717) is 11.1 Å². The van der Waals surface area contributed by atoms with Gasteiger partial charge < -0.3 is 0 Å². The minimum atomic E-state index is -0.479. The molecule has 2 aromatic carbocycles. The van der Waals surface area contributed by atoms with Crippen LogP contribution >= 0.6 is 0 Å². The Morgan fingerprint density at radius 1 is 1.12 bits per heavy atom. The van der Waals surface area contributed by atoms with Crippen LogP contribution in [-0.2, 0) is 11.3 Å². The van der Waals surface area contributed by atoms with E-state index in [1.54, 1.807) is 12.1 Å². The van der Waals surface area contributed by atoms with Crippen molar-refractivity contribution in [3.8, 4) is 11.3 Å². The summed E-state index contributed by atoms with van der Waals surface area (Å²) in [5.74, 6) is 4.68. The number of hydrogen-bond donors (Lipinski definition) is 2. The van der Waals surface area contributed by atoms with Gasteiger partial charge in [0.25, 0.3) is 11.5 Å². The number of rotatable bonds is 3. The molecule has 0 spiro atoms. The normalized spacial score (nSPS) is 10.9. The zero-order valence-electron chi connectivity index (χ0n) is 14.5. The van der Waals surface area contributed by atoms with E-state index in [-0.39, 0.29) is 12.1 Å². The summed E-state index contributed by atoms with van der Waals surface area (Å²) in [6.07, 6.45) is 0. The molecule has 0 radical (unpaired) electrons. The highest BCUT2D eigenvalue weighted by atomic mass is 16.2. The molecule has 0 fully saturated rings. The smallest absolute Gasteiger partial charge is 0.275 e. The van der Waals surface area contributed by atoms with Gasteiger partial charge in [-0.25, -0.2) is 10.5 Å². The lowest BCUT2D eigenvalue weighted by molar-refractivity contribution is -0.121. The molecule has 1 amide bonds. The second-order valence-corrected chi connectivity index (χ2v) is 6.20. The summed E-state index contributed by atoms with van der Waals surface area (Å²) in [5, 5.41) is 5.79. The molecule has 0 atom stereocenters. The van der Waals surface area contributed by atoms with E-state index in [1.165, 1.54) is 10.2 Å². The first kappa shape index (κ1) is 16.9. The number of hydrogen-bond acceptors (Lipinski definition) is 4. The molecule has 0 bridgehead atoms. The van der Waals surface area contributed by atoms with E-state index >= 15 is 0 Å². The summed E-state index contributed by atoms with van der Waals surface area (Å²) < 4.78 is 1.17. The molecule has 1 aromatic heterocycles.